The van der Waals surface area contributed by atoms with Crippen LogP contribution in [0, 0.1) is 16.0 Å². The zero-order valence-electron chi connectivity index (χ0n) is 15.7. The van der Waals surface area contributed by atoms with E-state index >= 15 is 0 Å². The highest BCUT2D eigenvalue weighted by Gasteiger charge is 2.45. The number of hydrogen-bond donors (Lipinski definition) is 4. The molecule has 0 saturated heterocycles. The molecule has 4 rings (SSSR count). The van der Waals surface area contributed by atoms with E-state index in [4.69, 9.17) is 5.73 Å². The molecule has 0 radical (unpaired) electrons. The van der Waals surface area contributed by atoms with Gasteiger partial charge in [0.15, 0.2) is 5.78 Å². The predicted octanol–water partition coefficient (Wildman–Crippen LogP) is 1.55. The van der Waals surface area contributed by atoms with Crippen LogP contribution in [0.15, 0.2) is 53.3 Å². The van der Waals surface area contributed by atoms with Crippen molar-refractivity contribution < 1.29 is 19.6 Å². The lowest BCUT2D eigenvalue weighted by atomic mass is 9.75. The van der Waals surface area contributed by atoms with Crippen LogP contribution in [0.1, 0.15) is 27.4 Å². The van der Waals surface area contributed by atoms with E-state index in [9.17, 15) is 29.6 Å². The van der Waals surface area contributed by atoms with Crippen LogP contribution in [0.5, 0.6) is 5.75 Å². The Balaban J connectivity index is 1.97. The average molecular weight is 421 g/mol. The van der Waals surface area contributed by atoms with E-state index in [1.54, 1.807) is 0 Å². The second-order valence-corrected chi connectivity index (χ2v) is 6.89. The predicted molar refractivity (Wildman–Crippen MR) is 109 cm³/mol. The number of nitrogens with two attached hydrogens (primary N) is 1. The van der Waals surface area contributed by atoms with E-state index in [0.717, 1.165) is 0 Å². The number of non-ortho nitro benzene ring substituents is 1. The maximum atomic E-state index is 13.3. The Labute approximate surface area is 173 Å². The molecule has 11 heteroatoms. The fourth-order valence-electron chi connectivity index (χ4n) is 3.71. The molecule has 0 unspecified atom stereocenters. The number of nitrogen functional groups attached to an aromatic ring is 1. The summed E-state index contributed by atoms with van der Waals surface area (Å²) in [6, 6.07) is 11.0. The molecule has 3 aromatic rings. The molecule has 0 aliphatic carbocycles. The third-order valence-corrected chi connectivity index (χ3v) is 5.03. The van der Waals surface area contributed by atoms with Crippen molar-refractivity contribution in [1.82, 2.24) is 9.97 Å². The first-order chi connectivity index (χ1) is 14.8. The van der Waals surface area contributed by atoms with Gasteiger partial charge in [-0.2, -0.15) is 4.98 Å². The maximum Gasteiger partial charge on any atom is 0.269 e. The molecule has 1 aliphatic rings. The Morgan fingerprint density at radius 3 is 2.61 bits per heavy atom. The fourth-order valence-corrected chi connectivity index (χ4v) is 3.71. The second kappa shape index (κ2) is 7.37. The molecule has 0 bridgehead atoms. The van der Waals surface area contributed by atoms with Crippen molar-refractivity contribution in [2.24, 2.45) is 5.92 Å². The summed E-state index contributed by atoms with van der Waals surface area (Å²) in [6.45, 7) is 0. The molecule has 0 saturated carbocycles. The molecule has 2 heterocycles. The van der Waals surface area contributed by atoms with Gasteiger partial charge in [-0.1, -0.05) is 24.3 Å². The number of carbonyl (C=O) groups excluding carboxylic acids is 2. The number of nitrogens with zero attached hydrogens (tertiary/aromatic N) is 2. The molecule has 1 aliphatic heterocycles. The number of aromatic amines is 1. The molecule has 11 nitrogen and oxygen atoms in total. The lowest BCUT2D eigenvalue weighted by molar-refractivity contribution is -0.384. The first-order valence-electron chi connectivity index (χ1n) is 9.05. The van der Waals surface area contributed by atoms with Crippen molar-refractivity contribution in [2.45, 2.75) is 5.92 Å². The van der Waals surface area contributed by atoms with Gasteiger partial charge in [0.2, 0.25) is 11.9 Å². The molecule has 2 atom stereocenters. The number of benzene rings is 2. The number of aromatic hydroxyl groups is 1. The number of phenolic OH excluding ortho intramolecular Hbond substituents is 1. The van der Waals surface area contributed by atoms with Gasteiger partial charge in [-0.05, 0) is 17.7 Å². The summed E-state index contributed by atoms with van der Waals surface area (Å²) in [7, 11) is 0. The lowest BCUT2D eigenvalue weighted by Gasteiger charge is -2.31. The summed E-state index contributed by atoms with van der Waals surface area (Å²) in [5.41, 5.74) is 4.60. The van der Waals surface area contributed by atoms with Crippen molar-refractivity contribution in [1.29, 1.82) is 0 Å². The number of fused-ring (bicyclic) bond motifs is 1. The number of carbonyl (C=O) groups is 2. The van der Waals surface area contributed by atoms with E-state index in [1.807, 2.05) is 0 Å². The minimum atomic E-state index is -1.49. The van der Waals surface area contributed by atoms with E-state index in [1.165, 1.54) is 48.5 Å². The number of anilines is 2. The number of para-hydroxylation sites is 1. The van der Waals surface area contributed by atoms with Crippen LogP contribution in [-0.4, -0.2) is 31.7 Å². The summed E-state index contributed by atoms with van der Waals surface area (Å²) in [5.74, 6) is -4.95. The maximum absolute atomic E-state index is 13.3. The summed E-state index contributed by atoms with van der Waals surface area (Å²) < 4.78 is 0. The normalized spacial score (nSPS) is 17.5. The summed E-state index contributed by atoms with van der Waals surface area (Å²) in [4.78, 5) is 55.9. The number of rotatable bonds is 4. The monoisotopic (exact) mass is 421 g/mol. The molecule has 0 spiro atoms. The van der Waals surface area contributed by atoms with Crippen molar-refractivity contribution in [2.75, 3.05) is 11.1 Å². The van der Waals surface area contributed by atoms with Gasteiger partial charge < -0.3 is 16.2 Å². The van der Waals surface area contributed by atoms with Gasteiger partial charge in [-0.3, -0.25) is 29.5 Å². The van der Waals surface area contributed by atoms with Crippen LogP contribution >= 0.6 is 0 Å². The highest BCUT2D eigenvalue weighted by atomic mass is 16.6. The number of amides is 1. The van der Waals surface area contributed by atoms with E-state index in [-0.39, 0.29) is 39.9 Å². The Kier molecular flexibility index (Phi) is 4.70. The first kappa shape index (κ1) is 19.8. The van der Waals surface area contributed by atoms with Gasteiger partial charge >= 0.3 is 0 Å². The van der Waals surface area contributed by atoms with Crippen LogP contribution in [0.25, 0.3) is 0 Å². The van der Waals surface area contributed by atoms with Crippen LogP contribution < -0.4 is 16.6 Å². The molecule has 2 aromatic carbocycles. The number of phenols is 1. The van der Waals surface area contributed by atoms with Gasteiger partial charge in [-0.15, -0.1) is 0 Å². The molecular formula is C20H15N5O6. The Bertz CT molecular complexity index is 1300. The zero-order chi connectivity index (χ0) is 22.3. The molecule has 156 valence electrons. The Hall–Kier alpha value is -4.54. The number of aromatic nitrogens is 2. The molecule has 1 aromatic heterocycles. The van der Waals surface area contributed by atoms with Gasteiger partial charge in [0, 0.05) is 18.1 Å². The van der Waals surface area contributed by atoms with Crippen LogP contribution in [0.4, 0.5) is 17.5 Å². The standard InChI is InChI=1S/C20H15N5O6/c21-20-23-17-15(19(29)24-20)13(9-4-3-5-10(8-9)25(30)31)14(18(28)22-17)16(27)11-6-1-2-7-12(11)26/h1-8,13-14,26H,(H4,21,22,23,24,28,29)/t13-,14+/m1/s1. The van der Waals surface area contributed by atoms with Crippen molar-refractivity contribution in [3.63, 3.8) is 0 Å². The summed E-state index contributed by atoms with van der Waals surface area (Å²) in [5, 5.41) is 23.8. The van der Waals surface area contributed by atoms with E-state index < -0.39 is 34.0 Å². The lowest BCUT2D eigenvalue weighted by Crippen LogP contribution is -2.42. The molecule has 0 fully saturated rings. The van der Waals surface area contributed by atoms with Crippen molar-refractivity contribution in [3.05, 3.63) is 85.7 Å². The second-order valence-electron chi connectivity index (χ2n) is 6.89. The van der Waals surface area contributed by atoms with Crippen LogP contribution in [-0.2, 0) is 4.79 Å². The summed E-state index contributed by atoms with van der Waals surface area (Å²) in [6.07, 6.45) is 0. The number of nitrogens with one attached hydrogen (secondary N) is 2. The first-order valence-corrected chi connectivity index (χ1v) is 9.05. The molecule has 5 N–H and O–H groups in total. The third-order valence-electron chi connectivity index (χ3n) is 5.03. The number of H-pyrrole nitrogens is 1. The SMILES string of the molecule is Nc1nc2c(c(=O)[nH]1)[C@H](c1cccc([N+](=O)[O-])c1)[C@@H](C(=O)c1ccccc1O)C(=O)N2. The number of Topliss-reactive ketones (excluding diaryl/α,β-unsaturated/α-hetero) is 1. The Morgan fingerprint density at radius 1 is 1.16 bits per heavy atom. The zero-order valence-corrected chi connectivity index (χ0v) is 15.7. The van der Waals surface area contributed by atoms with Gasteiger partial charge in [0.25, 0.3) is 11.2 Å². The number of nitro benzene ring substituents is 1. The van der Waals surface area contributed by atoms with E-state index in [0.29, 0.717) is 0 Å². The highest BCUT2D eigenvalue weighted by Crippen LogP contribution is 2.41. The minimum Gasteiger partial charge on any atom is -0.507 e. The number of ketones is 1. The molecule has 1 amide bonds. The van der Waals surface area contributed by atoms with Gasteiger partial charge in [0.1, 0.15) is 17.5 Å². The highest BCUT2D eigenvalue weighted by molar-refractivity contribution is 6.16. The average Bonchev–Trinajstić information content (AvgIpc) is 2.72. The number of nitro groups is 1. The van der Waals surface area contributed by atoms with Crippen LogP contribution in [0.2, 0.25) is 0 Å². The minimum absolute atomic E-state index is 0.0666. The topological polar surface area (TPSA) is 181 Å². The quantitative estimate of drug-likeness (QED) is 0.212. The third kappa shape index (κ3) is 3.37. The fraction of sp³-hybridized carbons (Fsp3) is 0.100. The van der Waals surface area contributed by atoms with Crippen LogP contribution in [0.3, 0.4) is 0 Å². The van der Waals surface area contributed by atoms with Gasteiger partial charge in [0.05, 0.1) is 16.1 Å². The molecular weight excluding hydrogens is 406 g/mol. The van der Waals surface area contributed by atoms with E-state index in [2.05, 4.69) is 15.3 Å². The smallest absolute Gasteiger partial charge is 0.269 e. The Morgan fingerprint density at radius 2 is 1.90 bits per heavy atom. The molecule has 31 heavy (non-hydrogen) atoms. The van der Waals surface area contributed by atoms with Crippen molar-refractivity contribution in [3.8, 4) is 5.75 Å². The van der Waals surface area contributed by atoms with Crippen molar-refractivity contribution >= 4 is 29.1 Å². The van der Waals surface area contributed by atoms with Gasteiger partial charge in [-0.25, -0.2) is 0 Å². The number of hydrogen-bond acceptors (Lipinski definition) is 8. The summed E-state index contributed by atoms with van der Waals surface area (Å²) >= 11 is 0. The largest absolute Gasteiger partial charge is 0.507 e.